The van der Waals surface area contributed by atoms with E-state index in [0.717, 1.165) is 11.4 Å². The van der Waals surface area contributed by atoms with Gasteiger partial charge in [0.2, 0.25) is 0 Å². The Morgan fingerprint density at radius 2 is 1.89 bits per heavy atom. The fraction of sp³-hybridized carbons (Fsp3) is 0.438. The van der Waals surface area contributed by atoms with Crippen LogP contribution in [0.2, 0.25) is 0 Å². The second kappa shape index (κ2) is 5.85. The highest BCUT2D eigenvalue weighted by Gasteiger charge is 2.16. The lowest BCUT2D eigenvalue weighted by atomic mass is 9.99. The van der Waals surface area contributed by atoms with Crippen LogP contribution in [-0.4, -0.2) is 4.98 Å². The lowest BCUT2D eigenvalue weighted by Crippen LogP contribution is -2.23. The third-order valence-corrected chi connectivity index (χ3v) is 4.54. The average molecular weight is 274 g/mol. The van der Waals surface area contributed by atoms with Crippen molar-refractivity contribution in [3.63, 3.8) is 0 Å². The second-order valence-corrected chi connectivity index (χ2v) is 6.18. The van der Waals surface area contributed by atoms with Gasteiger partial charge in [0, 0.05) is 28.3 Å². The molecule has 0 aliphatic heterocycles. The first-order valence-electron chi connectivity index (χ1n) is 6.73. The molecule has 0 saturated heterocycles. The number of aryl methyl sites for hydroxylation is 3. The van der Waals surface area contributed by atoms with Crippen LogP contribution in [-0.2, 0) is 0 Å². The maximum atomic E-state index is 4.59. The molecule has 0 fully saturated rings. The molecule has 0 aliphatic rings. The summed E-state index contributed by atoms with van der Waals surface area (Å²) in [6, 6.07) is 7.13. The minimum absolute atomic E-state index is 0.310. The van der Waals surface area contributed by atoms with E-state index in [1.807, 2.05) is 0 Å². The topological polar surface area (TPSA) is 24.9 Å². The van der Waals surface area contributed by atoms with Gasteiger partial charge in [-0.2, -0.15) is 0 Å². The zero-order valence-corrected chi connectivity index (χ0v) is 13.1. The predicted molar refractivity (Wildman–Crippen MR) is 82.7 cm³/mol. The summed E-state index contributed by atoms with van der Waals surface area (Å²) in [7, 11) is 0. The Bertz CT molecular complexity index is 523. The Morgan fingerprint density at radius 3 is 2.47 bits per heavy atom. The van der Waals surface area contributed by atoms with E-state index < -0.39 is 0 Å². The molecule has 19 heavy (non-hydrogen) atoms. The van der Waals surface area contributed by atoms with E-state index in [0.29, 0.717) is 12.1 Å². The van der Waals surface area contributed by atoms with E-state index in [1.54, 1.807) is 11.3 Å². The Kier molecular flexibility index (Phi) is 4.38. The van der Waals surface area contributed by atoms with E-state index in [4.69, 9.17) is 0 Å². The minimum atomic E-state index is 0.310. The zero-order valence-electron chi connectivity index (χ0n) is 12.3. The van der Waals surface area contributed by atoms with Gasteiger partial charge in [-0.15, -0.1) is 11.3 Å². The van der Waals surface area contributed by atoms with Crippen molar-refractivity contribution >= 4 is 11.3 Å². The summed E-state index contributed by atoms with van der Waals surface area (Å²) in [4.78, 5) is 5.97. The summed E-state index contributed by atoms with van der Waals surface area (Å²) in [5.41, 5.74) is 4.88. The standard InChI is InChI=1S/C16H22N2S/c1-10-9-11(2)17-13(4)16(10)14(5)18-12(3)15-7-6-8-19-15/h6-9,12,14,18H,1-5H3/t12-,14?/m1/s1. The van der Waals surface area contributed by atoms with E-state index in [1.165, 1.54) is 16.0 Å². The van der Waals surface area contributed by atoms with Crippen molar-refractivity contribution in [1.82, 2.24) is 10.3 Å². The monoisotopic (exact) mass is 274 g/mol. The Labute approximate surface area is 119 Å². The highest BCUT2D eigenvalue weighted by atomic mass is 32.1. The van der Waals surface area contributed by atoms with Crippen molar-refractivity contribution in [2.45, 2.75) is 46.7 Å². The van der Waals surface area contributed by atoms with E-state index in [9.17, 15) is 0 Å². The zero-order chi connectivity index (χ0) is 14.0. The van der Waals surface area contributed by atoms with Crippen molar-refractivity contribution in [3.8, 4) is 0 Å². The third-order valence-electron chi connectivity index (χ3n) is 3.49. The molecule has 2 rings (SSSR count). The number of hydrogen-bond acceptors (Lipinski definition) is 3. The molecule has 0 amide bonds. The molecule has 0 radical (unpaired) electrons. The van der Waals surface area contributed by atoms with Crippen molar-refractivity contribution in [3.05, 3.63) is 51.0 Å². The van der Waals surface area contributed by atoms with Gasteiger partial charge in [0.05, 0.1) is 0 Å². The highest BCUT2D eigenvalue weighted by molar-refractivity contribution is 7.10. The maximum absolute atomic E-state index is 4.59. The predicted octanol–water partition coefficient (Wildman–Crippen LogP) is 4.48. The number of thiophene rings is 1. The molecule has 1 N–H and O–H groups in total. The Balaban J connectivity index is 2.18. The summed E-state index contributed by atoms with van der Waals surface area (Å²) in [6.45, 7) is 10.8. The molecule has 0 aliphatic carbocycles. The van der Waals surface area contributed by atoms with Crippen LogP contribution in [0.3, 0.4) is 0 Å². The van der Waals surface area contributed by atoms with Crippen LogP contribution in [0.25, 0.3) is 0 Å². The molecule has 2 heterocycles. The number of aromatic nitrogens is 1. The number of pyridine rings is 1. The van der Waals surface area contributed by atoms with Gasteiger partial charge in [-0.05, 0) is 63.3 Å². The average Bonchev–Trinajstić information content (AvgIpc) is 2.80. The van der Waals surface area contributed by atoms with Gasteiger partial charge < -0.3 is 5.32 Å². The van der Waals surface area contributed by atoms with E-state index in [2.05, 4.69) is 68.5 Å². The number of nitrogens with one attached hydrogen (secondary N) is 1. The molecule has 2 atom stereocenters. The lowest BCUT2D eigenvalue weighted by molar-refractivity contribution is 0.495. The third kappa shape index (κ3) is 3.23. The van der Waals surface area contributed by atoms with Crippen LogP contribution in [0.5, 0.6) is 0 Å². The minimum Gasteiger partial charge on any atom is -0.303 e. The largest absolute Gasteiger partial charge is 0.303 e. The van der Waals surface area contributed by atoms with Crippen molar-refractivity contribution < 1.29 is 0 Å². The first kappa shape index (κ1) is 14.2. The second-order valence-electron chi connectivity index (χ2n) is 5.21. The van der Waals surface area contributed by atoms with Crippen LogP contribution >= 0.6 is 11.3 Å². The highest BCUT2D eigenvalue weighted by Crippen LogP contribution is 2.26. The number of rotatable bonds is 4. The van der Waals surface area contributed by atoms with Crippen molar-refractivity contribution in [2.24, 2.45) is 0 Å². The van der Waals surface area contributed by atoms with Gasteiger partial charge in [-0.1, -0.05) is 6.07 Å². The van der Waals surface area contributed by atoms with E-state index in [-0.39, 0.29) is 0 Å². The summed E-state index contributed by atoms with van der Waals surface area (Å²) in [5.74, 6) is 0. The quantitative estimate of drug-likeness (QED) is 0.889. The summed E-state index contributed by atoms with van der Waals surface area (Å²) in [6.07, 6.45) is 0. The normalized spacial score (nSPS) is 14.4. The molecule has 3 heteroatoms. The van der Waals surface area contributed by atoms with Crippen LogP contribution < -0.4 is 5.32 Å². The SMILES string of the molecule is Cc1cc(C)c(C(C)N[C@H](C)c2cccs2)c(C)n1. The molecule has 1 unspecified atom stereocenters. The molecule has 0 aromatic carbocycles. The molecule has 0 spiro atoms. The van der Waals surface area contributed by atoms with Gasteiger partial charge in [-0.3, -0.25) is 4.98 Å². The maximum Gasteiger partial charge on any atom is 0.0426 e. The first-order chi connectivity index (χ1) is 8.99. The Hall–Kier alpha value is -1.19. The van der Waals surface area contributed by atoms with E-state index >= 15 is 0 Å². The summed E-state index contributed by atoms with van der Waals surface area (Å²) >= 11 is 1.80. The van der Waals surface area contributed by atoms with Crippen molar-refractivity contribution in [2.75, 3.05) is 0 Å². The molecule has 2 nitrogen and oxygen atoms in total. The van der Waals surface area contributed by atoms with Gasteiger partial charge in [0.25, 0.3) is 0 Å². The molecule has 2 aromatic heterocycles. The van der Waals surface area contributed by atoms with Crippen LogP contribution in [0.4, 0.5) is 0 Å². The fourth-order valence-corrected chi connectivity index (χ4v) is 3.51. The first-order valence-corrected chi connectivity index (χ1v) is 7.61. The molecule has 2 aromatic rings. The molecular formula is C16H22N2S. The smallest absolute Gasteiger partial charge is 0.0426 e. The molecular weight excluding hydrogens is 252 g/mol. The summed E-state index contributed by atoms with van der Waals surface area (Å²) in [5, 5.41) is 5.80. The van der Waals surface area contributed by atoms with Crippen LogP contribution in [0, 0.1) is 20.8 Å². The van der Waals surface area contributed by atoms with Gasteiger partial charge in [-0.25, -0.2) is 0 Å². The lowest BCUT2D eigenvalue weighted by Gasteiger charge is -2.22. The van der Waals surface area contributed by atoms with Crippen LogP contribution in [0.15, 0.2) is 23.6 Å². The number of nitrogens with zero attached hydrogens (tertiary/aromatic N) is 1. The summed E-state index contributed by atoms with van der Waals surface area (Å²) < 4.78 is 0. The van der Waals surface area contributed by atoms with Gasteiger partial charge in [0.1, 0.15) is 0 Å². The Morgan fingerprint density at radius 1 is 1.16 bits per heavy atom. The van der Waals surface area contributed by atoms with Crippen LogP contribution in [0.1, 0.15) is 53.3 Å². The molecule has 0 bridgehead atoms. The van der Waals surface area contributed by atoms with Gasteiger partial charge >= 0.3 is 0 Å². The fourth-order valence-electron chi connectivity index (χ4n) is 2.77. The van der Waals surface area contributed by atoms with Gasteiger partial charge in [0.15, 0.2) is 0 Å². The number of hydrogen-bond donors (Lipinski definition) is 1. The molecule has 0 saturated carbocycles. The van der Waals surface area contributed by atoms with Crippen molar-refractivity contribution in [1.29, 1.82) is 0 Å². The molecule has 102 valence electrons.